The van der Waals surface area contributed by atoms with E-state index in [-0.39, 0.29) is 22.7 Å². The molecule has 0 aliphatic heterocycles. The van der Waals surface area contributed by atoms with Gasteiger partial charge in [-0.3, -0.25) is 4.98 Å². The van der Waals surface area contributed by atoms with Crippen molar-refractivity contribution in [2.24, 2.45) is 0 Å². The molecule has 0 bridgehead atoms. The van der Waals surface area contributed by atoms with Gasteiger partial charge >= 0.3 is 0 Å². The van der Waals surface area contributed by atoms with Crippen molar-refractivity contribution in [1.82, 2.24) is 4.98 Å². The summed E-state index contributed by atoms with van der Waals surface area (Å²) in [5.74, 6) is 0. The van der Waals surface area contributed by atoms with Crippen molar-refractivity contribution >= 4 is 27.5 Å². The van der Waals surface area contributed by atoms with Gasteiger partial charge in [0.1, 0.15) is 0 Å². The van der Waals surface area contributed by atoms with Gasteiger partial charge < -0.3 is 0 Å². The minimum absolute atomic E-state index is 0.0892. The number of hydrogen-bond donors (Lipinski definition) is 0. The molecular formula is C9H6BrClF2N2. The molecule has 0 saturated carbocycles. The average Bonchev–Trinajstić information content (AvgIpc) is 2.20. The quantitative estimate of drug-likeness (QED) is 0.798. The summed E-state index contributed by atoms with van der Waals surface area (Å²) < 4.78 is 25.1. The number of hydrogen-bond acceptors (Lipinski definition) is 2. The minimum Gasteiger partial charge on any atom is -0.254 e. The maximum atomic E-state index is 12.5. The summed E-state index contributed by atoms with van der Waals surface area (Å²) in [7, 11) is 0. The summed E-state index contributed by atoms with van der Waals surface area (Å²) >= 11 is 8.87. The smallest absolute Gasteiger partial charge is 0.254 e. The standard InChI is InChI=1S/C9H6BrClF2N2/c10-4-8-6(11)3-5(9(12)13)7(15-8)1-2-14/h3,9H,1,4H2. The van der Waals surface area contributed by atoms with Crippen molar-refractivity contribution in [2.75, 3.05) is 0 Å². The van der Waals surface area contributed by atoms with Crippen LogP contribution in [0.4, 0.5) is 8.78 Å². The van der Waals surface area contributed by atoms with Crippen LogP contribution in [0.3, 0.4) is 0 Å². The van der Waals surface area contributed by atoms with Crippen LogP contribution < -0.4 is 0 Å². The van der Waals surface area contributed by atoms with Crippen LogP contribution in [0.25, 0.3) is 0 Å². The first-order chi connectivity index (χ1) is 7.10. The monoisotopic (exact) mass is 294 g/mol. The SMILES string of the molecule is N#CCc1nc(CBr)c(Cl)cc1C(F)F. The van der Waals surface area contributed by atoms with Gasteiger partial charge in [-0.05, 0) is 6.07 Å². The largest absolute Gasteiger partial charge is 0.265 e. The molecule has 0 aliphatic rings. The van der Waals surface area contributed by atoms with Crippen LogP contribution in [-0.2, 0) is 11.8 Å². The van der Waals surface area contributed by atoms with Crippen LogP contribution in [0.15, 0.2) is 6.07 Å². The molecule has 1 rings (SSSR count). The highest BCUT2D eigenvalue weighted by Crippen LogP contribution is 2.27. The number of halogens is 4. The first-order valence-electron chi connectivity index (χ1n) is 3.99. The molecule has 1 heterocycles. The Morgan fingerprint density at radius 1 is 1.53 bits per heavy atom. The van der Waals surface area contributed by atoms with Crippen LogP contribution in [0.2, 0.25) is 5.02 Å². The van der Waals surface area contributed by atoms with Gasteiger partial charge in [0.15, 0.2) is 0 Å². The van der Waals surface area contributed by atoms with Gasteiger partial charge in [-0.15, -0.1) is 0 Å². The molecule has 0 spiro atoms. The van der Waals surface area contributed by atoms with E-state index in [1.54, 1.807) is 6.07 Å². The number of rotatable bonds is 3. The topological polar surface area (TPSA) is 36.7 Å². The van der Waals surface area contributed by atoms with Crippen molar-refractivity contribution in [3.05, 3.63) is 28.0 Å². The maximum Gasteiger partial charge on any atom is 0.265 e. The Morgan fingerprint density at radius 3 is 2.67 bits per heavy atom. The summed E-state index contributed by atoms with van der Waals surface area (Å²) in [6.45, 7) is 0. The third-order valence-electron chi connectivity index (χ3n) is 1.77. The van der Waals surface area contributed by atoms with E-state index in [0.29, 0.717) is 11.0 Å². The van der Waals surface area contributed by atoms with E-state index >= 15 is 0 Å². The zero-order valence-electron chi connectivity index (χ0n) is 7.48. The van der Waals surface area contributed by atoms with Crippen LogP contribution in [0.1, 0.15) is 23.4 Å². The fourth-order valence-corrected chi connectivity index (χ4v) is 1.90. The fourth-order valence-electron chi connectivity index (χ4n) is 1.08. The van der Waals surface area contributed by atoms with Crippen LogP contribution in [0.5, 0.6) is 0 Å². The lowest BCUT2D eigenvalue weighted by Crippen LogP contribution is -2.01. The Labute approximate surface area is 99.0 Å². The van der Waals surface area contributed by atoms with Crippen molar-refractivity contribution in [3.63, 3.8) is 0 Å². The van der Waals surface area contributed by atoms with Crippen molar-refractivity contribution in [3.8, 4) is 6.07 Å². The lowest BCUT2D eigenvalue weighted by Gasteiger charge is -2.08. The second kappa shape index (κ2) is 5.38. The predicted molar refractivity (Wildman–Crippen MR) is 56.2 cm³/mol. The zero-order valence-corrected chi connectivity index (χ0v) is 9.82. The molecule has 1 aromatic heterocycles. The molecule has 1 aromatic rings. The van der Waals surface area contributed by atoms with Crippen LogP contribution >= 0.6 is 27.5 Å². The van der Waals surface area contributed by atoms with Crippen molar-refractivity contribution in [2.45, 2.75) is 18.2 Å². The van der Waals surface area contributed by atoms with E-state index in [1.807, 2.05) is 0 Å². The normalized spacial score (nSPS) is 10.4. The summed E-state index contributed by atoms with van der Waals surface area (Å²) in [4.78, 5) is 3.92. The fraction of sp³-hybridized carbons (Fsp3) is 0.333. The van der Waals surface area contributed by atoms with E-state index in [9.17, 15) is 8.78 Å². The predicted octanol–water partition coefficient (Wildman–Crippen LogP) is 3.63. The Balaban J connectivity index is 3.26. The molecular weight excluding hydrogens is 289 g/mol. The molecule has 0 atom stereocenters. The molecule has 0 unspecified atom stereocenters. The third kappa shape index (κ3) is 2.86. The lowest BCUT2D eigenvalue weighted by atomic mass is 10.1. The highest BCUT2D eigenvalue weighted by molar-refractivity contribution is 9.08. The Hall–Kier alpha value is -0.730. The van der Waals surface area contributed by atoms with Gasteiger partial charge in [0.05, 0.1) is 28.9 Å². The third-order valence-corrected chi connectivity index (χ3v) is 2.63. The molecule has 0 amide bonds. The number of aromatic nitrogens is 1. The van der Waals surface area contributed by atoms with E-state index in [2.05, 4.69) is 20.9 Å². The van der Waals surface area contributed by atoms with Gasteiger partial charge in [0.2, 0.25) is 0 Å². The Morgan fingerprint density at radius 2 is 2.20 bits per heavy atom. The number of nitriles is 1. The number of nitrogens with zero attached hydrogens (tertiary/aromatic N) is 2. The van der Waals surface area contributed by atoms with E-state index in [4.69, 9.17) is 16.9 Å². The molecule has 15 heavy (non-hydrogen) atoms. The number of pyridine rings is 1. The van der Waals surface area contributed by atoms with E-state index in [1.165, 1.54) is 6.07 Å². The summed E-state index contributed by atoms with van der Waals surface area (Å²) in [5, 5.41) is 9.03. The first-order valence-corrected chi connectivity index (χ1v) is 5.49. The van der Waals surface area contributed by atoms with E-state index < -0.39 is 6.43 Å². The molecule has 2 nitrogen and oxygen atoms in total. The van der Waals surface area contributed by atoms with Gasteiger partial charge in [-0.25, -0.2) is 8.78 Å². The van der Waals surface area contributed by atoms with Gasteiger partial charge in [-0.1, -0.05) is 27.5 Å². The second-order valence-electron chi connectivity index (χ2n) is 2.72. The van der Waals surface area contributed by atoms with Gasteiger partial charge in [-0.2, -0.15) is 5.26 Å². The molecule has 0 aliphatic carbocycles. The van der Waals surface area contributed by atoms with Crippen molar-refractivity contribution in [1.29, 1.82) is 5.26 Å². The van der Waals surface area contributed by atoms with Crippen LogP contribution in [0, 0.1) is 11.3 Å². The summed E-state index contributed by atoms with van der Waals surface area (Å²) in [6, 6.07) is 2.96. The molecule has 0 fully saturated rings. The Kier molecular flexibility index (Phi) is 4.43. The van der Waals surface area contributed by atoms with Crippen LogP contribution in [-0.4, -0.2) is 4.98 Å². The highest BCUT2D eigenvalue weighted by Gasteiger charge is 2.17. The first kappa shape index (κ1) is 12.3. The maximum absolute atomic E-state index is 12.5. The molecule has 0 aromatic carbocycles. The molecule has 80 valence electrons. The molecule has 6 heteroatoms. The van der Waals surface area contributed by atoms with Gasteiger partial charge in [0.25, 0.3) is 6.43 Å². The lowest BCUT2D eigenvalue weighted by molar-refractivity contribution is 0.150. The zero-order chi connectivity index (χ0) is 11.4. The average molecular weight is 296 g/mol. The summed E-state index contributed by atoms with van der Waals surface area (Å²) in [5.41, 5.74) is 0.281. The Bertz CT molecular complexity index is 404. The molecule has 0 radical (unpaired) electrons. The minimum atomic E-state index is -2.66. The second-order valence-corrected chi connectivity index (χ2v) is 3.69. The molecule has 0 N–H and O–H groups in total. The highest BCUT2D eigenvalue weighted by atomic mass is 79.9. The number of alkyl halides is 3. The van der Waals surface area contributed by atoms with Gasteiger partial charge in [0, 0.05) is 10.9 Å². The van der Waals surface area contributed by atoms with Crippen molar-refractivity contribution < 1.29 is 8.78 Å². The molecule has 0 saturated heterocycles. The van der Waals surface area contributed by atoms with E-state index in [0.717, 1.165) is 0 Å². The summed E-state index contributed by atoms with van der Waals surface area (Å²) in [6.07, 6.45) is -2.81.